The van der Waals surface area contributed by atoms with Crippen LogP contribution in [0.25, 0.3) is 12.2 Å². The van der Waals surface area contributed by atoms with Gasteiger partial charge in [-0.15, -0.1) is 0 Å². The zero-order valence-corrected chi connectivity index (χ0v) is 9.17. The van der Waals surface area contributed by atoms with Crippen molar-refractivity contribution in [2.24, 2.45) is 0 Å². The smallest absolute Gasteiger partial charge is 0.126 e. The van der Waals surface area contributed by atoms with E-state index in [4.69, 9.17) is 0 Å². The van der Waals surface area contributed by atoms with Gasteiger partial charge in [-0.1, -0.05) is 33.1 Å². The summed E-state index contributed by atoms with van der Waals surface area (Å²) in [5.74, 6) is 0.843. The summed E-state index contributed by atoms with van der Waals surface area (Å²) in [5, 5.41) is 2.96. The monoisotopic (exact) mass is 190 g/mol. The SMILES string of the molecule is C=Cc1ccc(NC)nc1C=C.CC. The molecule has 0 amide bonds. The lowest BCUT2D eigenvalue weighted by Crippen LogP contribution is -1.94. The van der Waals surface area contributed by atoms with E-state index in [0.717, 1.165) is 17.1 Å². The molecular weight excluding hydrogens is 172 g/mol. The summed E-state index contributed by atoms with van der Waals surface area (Å²) in [6.45, 7) is 11.4. The normalized spacial score (nSPS) is 8.21. The second-order valence-electron chi connectivity index (χ2n) is 2.33. The molecule has 2 heteroatoms. The molecule has 76 valence electrons. The van der Waals surface area contributed by atoms with Crippen molar-refractivity contribution in [3.63, 3.8) is 0 Å². The van der Waals surface area contributed by atoms with Gasteiger partial charge in [0.15, 0.2) is 0 Å². The third-order valence-corrected chi connectivity index (χ3v) is 1.63. The minimum absolute atomic E-state index is 0.843. The molecule has 0 saturated heterocycles. The summed E-state index contributed by atoms with van der Waals surface area (Å²) in [4.78, 5) is 4.28. The molecule has 1 aromatic heterocycles. The Bertz CT molecular complexity index is 303. The molecule has 14 heavy (non-hydrogen) atoms. The van der Waals surface area contributed by atoms with E-state index in [2.05, 4.69) is 23.5 Å². The molecule has 1 rings (SSSR count). The van der Waals surface area contributed by atoms with E-state index >= 15 is 0 Å². The maximum atomic E-state index is 4.28. The van der Waals surface area contributed by atoms with Gasteiger partial charge in [0.05, 0.1) is 5.69 Å². The second kappa shape index (κ2) is 6.89. The summed E-state index contributed by atoms with van der Waals surface area (Å²) >= 11 is 0. The van der Waals surface area contributed by atoms with Crippen LogP contribution in [-0.2, 0) is 0 Å². The maximum absolute atomic E-state index is 4.28. The van der Waals surface area contributed by atoms with E-state index in [1.807, 2.05) is 33.0 Å². The van der Waals surface area contributed by atoms with Crippen molar-refractivity contribution in [3.05, 3.63) is 36.5 Å². The van der Waals surface area contributed by atoms with Crippen molar-refractivity contribution in [1.29, 1.82) is 0 Å². The number of nitrogens with one attached hydrogen (secondary N) is 1. The van der Waals surface area contributed by atoms with Gasteiger partial charge in [0, 0.05) is 7.05 Å². The largest absolute Gasteiger partial charge is 0.373 e. The molecule has 0 aromatic carbocycles. The number of nitrogens with zero attached hydrogens (tertiary/aromatic N) is 1. The van der Waals surface area contributed by atoms with E-state index in [9.17, 15) is 0 Å². The minimum Gasteiger partial charge on any atom is -0.373 e. The van der Waals surface area contributed by atoms with Gasteiger partial charge in [0.2, 0.25) is 0 Å². The summed E-state index contributed by atoms with van der Waals surface area (Å²) in [6.07, 6.45) is 3.49. The highest BCUT2D eigenvalue weighted by molar-refractivity contribution is 5.62. The average Bonchev–Trinajstić information content (AvgIpc) is 2.30. The third-order valence-electron chi connectivity index (χ3n) is 1.63. The Balaban J connectivity index is 0.000000791. The highest BCUT2D eigenvalue weighted by Crippen LogP contribution is 2.12. The second-order valence-corrected chi connectivity index (χ2v) is 2.33. The summed E-state index contributed by atoms with van der Waals surface area (Å²) in [5.41, 5.74) is 1.86. The number of hydrogen-bond donors (Lipinski definition) is 1. The molecule has 0 bridgehead atoms. The van der Waals surface area contributed by atoms with E-state index in [1.54, 1.807) is 12.2 Å². The van der Waals surface area contributed by atoms with Crippen LogP contribution in [0.2, 0.25) is 0 Å². The Morgan fingerprint density at radius 2 is 1.86 bits per heavy atom. The highest BCUT2D eigenvalue weighted by Gasteiger charge is 1.97. The summed E-state index contributed by atoms with van der Waals surface area (Å²) < 4.78 is 0. The first-order chi connectivity index (χ1) is 6.81. The van der Waals surface area contributed by atoms with Crippen molar-refractivity contribution < 1.29 is 0 Å². The first kappa shape index (κ1) is 12.4. The lowest BCUT2D eigenvalue weighted by atomic mass is 10.2. The lowest BCUT2D eigenvalue weighted by Gasteiger charge is -2.03. The van der Waals surface area contributed by atoms with Crippen LogP contribution in [0, 0.1) is 0 Å². The molecule has 0 aliphatic carbocycles. The van der Waals surface area contributed by atoms with Gasteiger partial charge in [-0.25, -0.2) is 4.98 Å². The molecule has 1 aromatic rings. The van der Waals surface area contributed by atoms with E-state index in [0.29, 0.717) is 0 Å². The Kier molecular flexibility index (Phi) is 6.12. The van der Waals surface area contributed by atoms with Crippen molar-refractivity contribution in [2.75, 3.05) is 12.4 Å². The van der Waals surface area contributed by atoms with Gasteiger partial charge in [0.1, 0.15) is 5.82 Å². The average molecular weight is 190 g/mol. The molecule has 0 fully saturated rings. The van der Waals surface area contributed by atoms with Crippen molar-refractivity contribution in [1.82, 2.24) is 4.98 Å². The third kappa shape index (κ3) is 3.05. The van der Waals surface area contributed by atoms with Crippen molar-refractivity contribution >= 4 is 18.0 Å². The predicted molar refractivity (Wildman–Crippen MR) is 65.3 cm³/mol. The quantitative estimate of drug-likeness (QED) is 0.789. The Morgan fingerprint density at radius 3 is 2.29 bits per heavy atom. The van der Waals surface area contributed by atoms with E-state index < -0.39 is 0 Å². The molecule has 0 aliphatic rings. The van der Waals surface area contributed by atoms with E-state index in [-0.39, 0.29) is 0 Å². The van der Waals surface area contributed by atoms with Gasteiger partial charge in [0.25, 0.3) is 0 Å². The maximum Gasteiger partial charge on any atom is 0.126 e. The fourth-order valence-corrected chi connectivity index (χ4v) is 0.961. The number of anilines is 1. The van der Waals surface area contributed by atoms with Gasteiger partial charge in [-0.05, 0) is 23.8 Å². The van der Waals surface area contributed by atoms with Crippen LogP contribution in [0.15, 0.2) is 25.3 Å². The highest BCUT2D eigenvalue weighted by atomic mass is 15.0. The molecule has 0 spiro atoms. The Morgan fingerprint density at radius 1 is 1.21 bits per heavy atom. The van der Waals surface area contributed by atoms with Gasteiger partial charge < -0.3 is 5.32 Å². The molecule has 0 atom stereocenters. The minimum atomic E-state index is 0.843. The number of aromatic nitrogens is 1. The fraction of sp³-hybridized carbons (Fsp3) is 0.250. The predicted octanol–water partition coefficient (Wildman–Crippen LogP) is 3.44. The van der Waals surface area contributed by atoms with Crippen LogP contribution in [-0.4, -0.2) is 12.0 Å². The molecule has 1 heterocycles. The number of hydrogen-bond acceptors (Lipinski definition) is 2. The molecule has 0 aliphatic heterocycles. The Labute approximate surface area is 86.4 Å². The van der Waals surface area contributed by atoms with Crippen LogP contribution in [0.3, 0.4) is 0 Å². The topological polar surface area (TPSA) is 24.9 Å². The molecule has 2 nitrogen and oxygen atoms in total. The van der Waals surface area contributed by atoms with Crippen LogP contribution in [0.1, 0.15) is 25.1 Å². The zero-order valence-electron chi connectivity index (χ0n) is 9.17. The number of rotatable bonds is 3. The fourth-order valence-electron chi connectivity index (χ4n) is 0.961. The first-order valence-electron chi connectivity index (χ1n) is 4.75. The van der Waals surface area contributed by atoms with Gasteiger partial charge in [-0.2, -0.15) is 0 Å². The summed E-state index contributed by atoms with van der Waals surface area (Å²) in [6, 6.07) is 3.87. The van der Waals surface area contributed by atoms with Crippen LogP contribution >= 0.6 is 0 Å². The lowest BCUT2D eigenvalue weighted by molar-refractivity contribution is 1.25. The van der Waals surface area contributed by atoms with E-state index in [1.165, 1.54) is 0 Å². The molecule has 0 unspecified atom stereocenters. The van der Waals surface area contributed by atoms with Gasteiger partial charge >= 0.3 is 0 Å². The molecule has 0 radical (unpaired) electrons. The van der Waals surface area contributed by atoms with Crippen LogP contribution in [0.5, 0.6) is 0 Å². The van der Waals surface area contributed by atoms with Crippen LogP contribution < -0.4 is 5.32 Å². The zero-order chi connectivity index (χ0) is 11.0. The van der Waals surface area contributed by atoms with Crippen molar-refractivity contribution in [2.45, 2.75) is 13.8 Å². The van der Waals surface area contributed by atoms with Crippen molar-refractivity contribution in [3.8, 4) is 0 Å². The summed E-state index contributed by atoms with van der Waals surface area (Å²) in [7, 11) is 1.84. The molecule has 1 N–H and O–H groups in total. The molecule has 0 saturated carbocycles. The number of pyridine rings is 1. The van der Waals surface area contributed by atoms with Crippen LogP contribution in [0.4, 0.5) is 5.82 Å². The van der Waals surface area contributed by atoms with Gasteiger partial charge in [-0.3, -0.25) is 0 Å². The Hall–Kier alpha value is -1.57. The first-order valence-corrected chi connectivity index (χ1v) is 4.75. The standard InChI is InChI=1S/C10H12N2.C2H6/c1-4-8-6-7-10(11-3)12-9(8)5-2;1-2/h4-7H,1-2H2,3H3,(H,11,12);1-2H3. The molecular formula is C12H18N2.